The van der Waals surface area contributed by atoms with Gasteiger partial charge in [0.15, 0.2) is 5.78 Å². The molecule has 3 N–H and O–H groups in total. The van der Waals surface area contributed by atoms with Crippen molar-refractivity contribution in [1.29, 1.82) is 0 Å². The third-order valence-electron chi connectivity index (χ3n) is 4.30. The van der Waals surface area contributed by atoms with E-state index in [4.69, 9.17) is 0 Å². The maximum atomic E-state index is 12.3. The van der Waals surface area contributed by atoms with Gasteiger partial charge in [-0.2, -0.15) is 0 Å². The molecular weight excluding hydrogens is 438 g/mol. The lowest BCUT2D eigenvalue weighted by Crippen LogP contribution is -2.43. The second-order valence-electron chi connectivity index (χ2n) is 6.72. The van der Waals surface area contributed by atoms with Gasteiger partial charge in [0.05, 0.1) is 12.3 Å². The lowest BCUT2D eigenvalue weighted by Gasteiger charge is -2.15. The summed E-state index contributed by atoms with van der Waals surface area (Å²) in [5, 5.41) is 21.2. The summed E-state index contributed by atoms with van der Waals surface area (Å²) < 4.78 is 0. The van der Waals surface area contributed by atoms with Crippen LogP contribution in [0.3, 0.4) is 0 Å². The summed E-state index contributed by atoms with van der Waals surface area (Å²) in [6, 6.07) is 16.4. The number of aliphatic carboxylic acids is 2. The van der Waals surface area contributed by atoms with Crippen molar-refractivity contribution in [3.8, 4) is 0 Å². The van der Waals surface area contributed by atoms with Crippen LogP contribution in [0.1, 0.15) is 22.3 Å². The average Bonchev–Trinajstić information content (AvgIpc) is 2.75. The van der Waals surface area contributed by atoms with Crippen LogP contribution < -0.4 is 5.32 Å². The summed E-state index contributed by atoms with van der Waals surface area (Å²) >= 11 is 0. The first-order chi connectivity index (χ1) is 14.9. The number of carbonyl (C=O) groups is 4. The smallest absolute Gasteiger partial charge is 0.327 e. The number of carboxylic acids is 2. The molecule has 0 aliphatic carbocycles. The van der Waals surface area contributed by atoms with Gasteiger partial charge in [-0.3, -0.25) is 14.4 Å². The normalized spacial score (nSPS) is 12.5. The van der Waals surface area contributed by atoms with Crippen LogP contribution >= 0.6 is 21.6 Å². The highest BCUT2D eigenvalue weighted by Crippen LogP contribution is 2.27. The number of Topliss-reactive ketones (excluding diaryl/α,β-unsaturated/α-hetero) is 1. The number of amides is 1. The SMILES string of the molecule is O=C(Cc1ccccc1)NC(CSSCC(CC(=O)c1ccccc1)C(=O)O)C(=O)O. The number of hydrogen-bond donors (Lipinski definition) is 3. The van der Waals surface area contributed by atoms with E-state index in [2.05, 4.69) is 5.32 Å². The van der Waals surface area contributed by atoms with Gasteiger partial charge in [-0.25, -0.2) is 4.79 Å². The van der Waals surface area contributed by atoms with E-state index in [-0.39, 0.29) is 30.1 Å². The lowest BCUT2D eigenvalue weighted by molar-refractivity contribution is -0.141. The number of nitrogens with one attached hydrogen (secondary N) is 1. The fourth-order valence-electron chi connectivity index (χ4n) is 2.63. The molecule has 0 saturated heterocycles. The van der Waals surface area contributed by atoms with Crippen molar-refractivity contribution < 1.29 is 29.4 Å². The molecule has 0 aromatic heterocycles. The van der Waals surface area contributed by atoms with Crippen molar-refractivity contribution in [2.75, 3.05) is 11.5 Å². The van der Waals surface area contributed by atoms with Gasteiger partial charge in [-0.05, 0) is 5.56 Å². The van der Waals surface area contributed by atoms with Gasteiger partial charge >= 0.3 is 11.9 Å². The van der Waals surface area contributed by atoms with E-state index < -0.39 is 29.8 Å². The van der Waals surface area contributed by atoms with E-state index in [1.54, 1.807) is 54.6 Å². The minimum Gasteiger partial charge on any atom is -0.481 e. The molecule has 2 aromatic rings. The van der Waals surface area contributed by atoms with Crippen molar-refractivity contribution in [1.82, 2.24) is 5.32 Å². The van der Waals surface area contributed by atoms with Crippen LogP contribution in [0.25, 0.3) is 0 Å². The zero-order chi connectivity index (χ0) is 22.6. The summed E-state index contributed by atoms with van der Waals surface area (Å²) in [6.07, 6.45) is -0.0613. The van der Waals surface area contributed by atoms with E-state index >= 15 is 0 Å². The van der Waals surface area contributed by atoms with Gasteiger partial charge in [0.2, 0.25) is 5.91 Å². The Morgan fingerprint density at radius 1 is 0.806 bits per heavy atom. The molecule has 2 aromatic carbocycles. The zero-order valence-corrected chi connectivity index (χ0v) is 18.2. The molecule has 0 heterocycles. The molecule has 164 valence electrons. The summed E-state index contributed by atoms with van der Waals surface area (Å²) in [4.78, 5) is 47.3. The highest BCUT2D eigenvalue weighted by atomic mass is 33.1. The minimum atomic E-state index is -1.16. The van der Waals surface area contributed by atoms with E-state index in [0.717, 1.165) is 16.4 Å². The third-order valence-corrected chi connectivity index (χ3v) is 6.80. The molecule has 2 atom stereocenters. The van der Waals surface area contributed by atoms with E-state index in [0.29, 0.717) is 5.56 Å². The highest BCUT2D eigenvalue weighted by molar-refractivity contribution is 8.76. The molecule has 1 amide bonds. The van der Waals surface area contributed by atoms with Gasteiger partial charge in [0, 0.05) is 23.5 Å². The number of carbonyl (C=O) groups excluding carboxylic acids is 2. The van der Waals surface area contributed by atoms with Crippen LogP contribution in [0.2, 0.25) is 0 Å². The molecule has 0 aliphatic rings. The molecule has 2 unspecified atom stereocenters. The van der Waals surface area contributed by atoms with Crippen molar-refractivity contribution in [2.45, 2.75) is 18.9 Å². The molecule has 0 saturated carbocycles. The largest absolute Gasteiger partial charge is 0.481 e. The Labute approximate surface area is 188 Å². The van der Waals surface area contributed by atoms with Crippen LogP contribution in [-0.4, -0.2) is 51.4 Å². The summed E-state index contributed by atoms with van der Waals surface area (Å²) in [5.41, 5.74) is 1.23. The van der Waals surface area contributed by atoms with Gasteiger partial charge in [0.1, 0.15) is 6.04 Å². The molecule has 0 aliphatic heterocycles. The summed E-state index contributed by atoms with van der Waals surface area (Å²) in [5.74, 6) is -3.58. The Balaban J connectivity index is 1.79. The monoisotopic (exact) mass is 461 g/mol. The second-order valence-corrected chi connectivity index (χ2v) is 9.27. The second kappa shape index (κ2) is 12.8. The van der Waals surface area contributed by atoms with Crippen molar-refractivity contribution in [2.24, 2.45) is 5.92 Å². The summed E-state index contributed by atoms with van der Waals surface area (Å²) in [6.45, 7) is 0. The Morgan fingerprint density at radius 2 is 1.39 bits per heavy atom. The first kappa shape index (κ1) is 24.5. The Hall–Kier alpha value is -2.78. The van der Waals surface area contributed by atoms with E-state index in [1.165, 1.54) is 10.8 Å². The highest BCUT2D eigenvalue weighted by Gasteiger charge is 2.24. The van der Waals surface area contributed by atoms with Crippen molar-refractivity contribution >= 4 is 45.2 Å². The molecular formula is C22H23NO6S2. The number of benzene rings is 2. The van der Waals surface area contributed by atoms with Crippen LogP contribution in [0.4, 0.5) is 0 Å². The Kier molecular flexibility index (Phi) is 10.1. The molecule has 0 bridgehead atoms. The molecule has 9 heteroatoms. The first-order valence-electron chi connectivity index (χ1n) is 9.48. The van der Waals surface area contributed by atoms with E-state index in [9.17, 15) is 29.4 Å². The molecule has 0 fully saturated rings. The topological polar surface area (TPSA) is 121 Å². The molecule has 0 spiro atoms. The zero-order valence-electron chi connectivity index (χ0n) is 16.6. The standard InChI is InChI=1S/C22H23NO6S2/c24-19(16-9-5-2-6-10-16)12-17(21(26)27)13-30-31-14-18(22(28)29)23-20(25)11-15-7-3-1-4-8-15/h1-10,17-18H,11-14H2,(H,23,25)(H,26,27)(H,28,29). The van der Waals surface area contributed by atoms with Crippen molar-refractivity contribution in [3.63, 3.8) is 0 Å². The number of rotatable bonds is 13. The Bertz CT molecular complexity index is 891. The predicted octanol–water partition coefficient (Wildman–Crippen LogP) is 3.15. The Morgan fingerprint density at radius 3 is 1.97 bits per heavy atom. The first-order valence-corrected chi connectivity index (χ1v) is 12.0. The molecule has 2 rings (SSSR count). The quantitative estimate of drug-likeness (QED) is 0.236. The van der Waals surface area contributed by atoms with Gasteiger partial charge in [0.25, 0.3) is 0 Å². The number of carboxylic acid groups (broad SMARTS) is 2. The molecule has 31 heavy (non-hydrogen) atoms. The van der Waals surface area contributed by atoms with Crippen LogP contribution in [0, 0.1) is 5.92 Å². The van der Waals surface area contributed by atoms with Gasteiger partial charge < -0.3 is 15.5 Å². The maximum Gasteiger partial charge on any atom is 0.327 e. The molecule has 0 radical (unpaired) electrons. The van der Waals surface area contributed by atoms with Crippen molar-refractivity contribution in [3.05, 3.63) is 71.8 Å². The predicted molar refractivity (Wildman–Crippen MR) is 121 cm³/mol. The third kappa shape index (κ3) is 8.85. The fourth-order valence-corrected chi connectivity index (χ4v) is 5.09. The number of ketones is 1. The van der Waals surface area contributed by atoms with Gasteiger partial charge in [-0.1, -0.05) is 82.3 Å². The average molecular weight is 462 g/mol. The van der Waals surface area contributed by atoms with Crippen LogP contribution in [0.5, 0.6) is 0 Å². The summed E-state index contributed by atoms with van der Waals surface area (Å²) in [7, 11) is 2.33. The van der Waals surface area contributed by atoms with Gasteiger partial charge in [-0.15, -0.1) is 0 Å². The number of hydrogen-bond acceptors (Lipinski definition) is 6. The van der Waals surface area contributed by atoms with Crippen LogP contribution in [0.15, 0.2) is 60.7 Å². The van der Waals surface area contributed by atoms with E-state index in [1.807, 2.05) is 6.07 Å². The minimum absolute atomic E-state index is 0.0689. The van der Waals surface area contributed by atoms with Crippen LogP contribution in [-0.2, 0) is 20.8 Å². The maximum absolute atomic E-state index is 12.3. The molecule has 7 nitrogen and oxygen atoms in total. The fraction of sp³-hybridized carbons (Fsp3) is 0.273. The lowest BCUT2D eigenvalue weighted by atomic mass is 10.00.